The zero-order chi connectivity index (χ0) is 17.4. The van der Waals surface area contributed by atoms with Crippen molar-refractivity contribution in [1.82, 2.24) is 4.57 Å². The molecule has 0 N–H and O–H groups in total. The third-order valence-corrected chi connectivity index (χ3v) is 5.54. The summed E-state index contributed by atoms with van der Waals surface area (Å²) in [6.07, 6.45) is 5.72. The molecule has 0 spiro atoms. The third-order valence-electron chi connectivity index (χ3n) is 4.72. The summed E-state index contributed by atoms with van der Waals surface area (Å²) in [6, 6.07) is 13.8. The minimum atomic E-state index is 0. The average molecular weight is 429 g/mol. The van der Waals surface area contributed by atoms with Gasteiger partial charge in [-0.05, 0) is 37.1 Å². The number of hydrogen-bond acceptors (Lipinski definition) is 0. The second kappa shape index (κ2) is 8.22. The van der Waals surface area contributed by atoms with Crippen molar-refractivity contribution in [3.05, 3.63) is 75.1 Å². The van der Waals surface area contributed by atoms with Crippen LogP contribution in [0.2, 0.25) is 15.1 Å². The largest absolute Gasteiger partial charge is 0.257 e. The van der Waals surface area contributed by atoms with Crippen LogP contribution in [0.15, 0.2) is 48.7 Å². The molecule has 0 unspecified atom stereocenters. The molecule has 0 aliphatic carbocycles. The molecule has 0 fully saturated rings. The summed E-state index contributed by atoms with van der Waals surface area (Å²) in [5.74, 6) is 1.34. The summed E-state index contributed by atoms with van der Waals surface area (Å²) >= 11 is 18.6. The van der Waals surface area contributed by atoms with Crippen LogP contribution >= 0.6 is 47.2 Å². The van der Waals surface area contributed by atoms with Crippen LogP contribution in [0.4, 0.5) is 0 Å². The van der Waals surface area contributed by atoms with Gasteiger partial charge in [-0.1, -0.05) is 53.0 Å². The van der Waals surface area contributed by atoms with Crippen LogP contribution in [-0.2, 0) is 19.5 Å². The molecule has 1 aromatic heterocycles. The van der Waals surface area contributed by atoms with E-state index in [-0.39, 0.29) is 12.4 Å². The summed E-state index contributed by atoms with van der Waals surface area (Å²) in [4.78, 5) is 0. The number of hydrogen-bond donors (Lipinski definition) is 0. The quantitative estimate of drug-likeness (QED) is 0.438. The maximum Gasteiger partial charge on any atom is 0.257 e. The molecular weight excluding hydrogens is 410 g/mol. The smallest absolute Gasteiger partial charge is 0.229 e. The van der Waals surface area contributed by atoms with Crippen molar-refractivity contribution in [3.63, 3.8) is 0 Å². The predicted molar refractivity (Wildman–Crippen MR) is 111 cm³/mol. The van der Waals surface area contributed by atoms with Crippen LogP contribution in [0.1, 0.15) is 24.2 Å². The Kier molecular flexibility index (Phi) is 6.19. The highest BCUT2D eigenvalue weighted by molar-refractivity contribution is 6.35. The minimum absolute atomic E-state index is 0. The van der Waals surface area contributed by atoms with Crippen molar-refractivity contribution in [2.45, 2.75) is 32.4 Å². The van der Waals surface area contributed by atoms with E-state index < -0.39 is 0 Å². The molecule has 0 radical (unpaired) electrons. The fraction of sp³-hybridized carbons (Fsp3) is 0.250. The number of imidazole rings is 1. The molecule has 6 heteroatoms. The Morgan fingerprint density at radius 1 is 0.962 bits per heavy atom. The van der Waals surface area contributed by atoms with Crippen molar-refractivity contribution in [1.29, 1.82) is 0 Å². The number of fused-ring (bicyclic) bond motifs is 1. The highest BCUT2D eigenvalue weighted by atomic mass is 35.5. The molecule has 0 atom stereocenters. The van der Waals surface area contributed by atoms with Gasteiger partial charge in [0.25, 0.3) is 5.82 Å². The van der Waals surface area contributed by atoms with E-state index in [0.29, 0.717) is 10.0 Å². The zero-order valence-corrected chi connectivity index (χ0v) is 17.2. The molecule has 0 saturated heterocycles. The van der Waals surface area contributed by atoms with Crippen molar-refractivity contribution in [2.75, 3.05) is 0 Å². The highest BCUT2D eigenvalue weighted by Gasteiger charge is 2.27. The van der Waals surface area contributed by atoms with Crippen molar-refractivity contribution >= 4 is 47.2 Å². The van der Waals surface area contributed by atoms with E-state index in [1.54, 1.807) is 6.07 Å². The lowest BCUT2D eigenvalue weighted by atomic mass is 10.1. The normalized spacial score (nSPS) is 13.2. The summed E-state index contributed by atoms with van der Waals surface area (Å²) < 4.78 is 4.73. The first-order valence-electron chi connectivity index (χ1n) is 8.43. The Balaban J connectivity index is 0.00000196. The molecule has 1 aliphatic heterocycles. The van der Waals surface area contributed by atoms with Gasteiger partial charge in [0.1, 0.15) is 12.7 Å². The lowest BCUT2D eigenvalue weighted by Gasteiger charge is -2.12. The van der Waals surface area contributed by atoms with Crippen molar-refractivity contribution in [2.24, 2.45) is 0 Å². The van der Waals surface area contributed by atoms with E-state index in [4.69, 9.17) is 34.8 Å². The Hall–Kier alpha value is -1.19. The second-order valence-corrected chi connectivity index (χ2v) is 7.69. The molecule has 1 aliphatic rings. The molecule has 0 amide bonds. The zero-order valence-electron chi connectivity index (χ0n) is 14.1. The Bertz CT molecular complexity index is 934. The summed E-state index contributed by atoms with van der Waals surface area (Å²) in [7, 11) is 0. The maximum absolute atomic E-state index is 6.39. The Morgan fingerprint density at radius 2 is 1.77 bits per heavy atom. The molecule has 0 saturated carbocycles. The van der Waals surface area contributed by atoms with Gasteiger partial charge >= 0.3 is 0 Å². The van der Waals surface area contributed by atoms with Crippen LogP contribution in [0.25, 0.3) is 11.3 Å². The van der Waals surface area contributed by atoms with Gasteiger partial charge in [0, 0.05) is 32.6 Å². The average Bonchev–Trinajstić information content (AvgIpc) is 2.96. The molecular formula is C20H19Cl4N2+. The van der Waals surface area contributed by atoms with Crippen molar-refractivity contribution < 1.29 is 4.57 Å². The number of rotatable bonds is 3. The van der Waals surface area contributed by atoms with Crippen LogP contribution in [0, 0.1) is 0 Å². The molecule has 2 nitrogen and oxygen atoms in total. The molecule has 2 heterocycles. The van der Waals surface area contributed by atoms with Gasteiger partial charge in [0.15, 0.2) is 5.69 Å². The monoisotopic (exact) mass is 427 g/mol. The first-order valence-corrected chi connectivity index (χ1v) is 9.57. The van der Waals surface area contributed by atoms with Gasteiger partial charge < -0.3 is 0 Å². The van der Waals surface area contributed by atoms with E-state index in [2.05, 4.69) is 21.4 Å². The lowest BCUT2D eigenvalue weighted by Crippen LogP contribution is -2.38. The second-order valence-electron chi connectivity index (χ2n) is 6.41. The molecule has 0 bridgehead atoms. The molecule has 2 aromatic carbocycles. The number of nitrogens with zero attached hydrogens (tertiary/aromatic N) is 2. The van der Waals surface area contributed by atoms with Gasteiger partial charge in [-0.2, -0.15) is 0 Å². The van der Waals surface area contributed by atoms with E-state index in [1.165, 1.54) is 24.4 Å². The van der Waals surface area contributed by atoms with Crippen LogP contribution in [0.5, 0.6) is 0 Å². The Labute approximate surface area is 174 Å². The van der Waals surface area contributed by atoms with E-state index in [0.717, 1.165) is 35.7 Å². The fourth-order valence-corrected chi connectivity index (χ4v) is 4.17. The van der Waals surface area contributed by atoms with E-state index >= 15 is 0 Å². The number of halogens is 4. The number of benzene rings is 2. The van der Waals surface area contributed by atoms with E-state index in [9.17, 15) is 0 Å². The first-order chi connectivity index (χ1) is 12.1. The van der Waals surface area contributed by atoms with E-state index in [1.807, 2.05) is 30.3 Å². The first kappa shape index (κ1) is 19.6. The van der Waals surface area contributed by atoms with Crippen molar-refractivity contribution in [3.8, 4) is 11.3 Å². The SMILES string of the molecule is Cl.Clc1cccc(-c2c[n+](Cc3ccc(Cl)cc3Cl)c3n2CCCC3)c1. The van der Waals surface area contributed by atoms with Gasteiger partial charge in [0.2, 0.25) is 0 Å². The summed E-state index contributed by atoms with van der Waals surface area (Å²) in [6.45, 7) is 1.78. The predicted octanol–water partition coefficient (Wildman–Crippen LogP) is 6.21. The van der Waals surface area contributed by atoms with Gasteiger partial charge in [-0.3, -0.25) is 0 Å². The highest BCUT2D eigenvalue weighted by Crippen LogP contribution is 2.27. The maximum atomic E-state index is 6.39. The fourth-order valence-electron chi connectivity index (χ4n) is 3.52. The number of aromatic nitrogens is 2. The topological polar surface area (TPSA) is 8.81 Å². The minimum Gasteiger partial charge on any atom is -0.229 e. The van der Waals surface area contributed by atoms with Gasteiger partial charge in [0.05, 0.1) is 6.54 Å². The summed E-state index contributed by atoms with van der Waals surface area (Å²) in [5.41, 5.74) is 3.44. The van der Waals surface area contributed by atoms with Gasteiger partial charge in [-0.25, -0.2) is 9.13 Å². The standard InChI is InChI=1S/C20H18Cl3N2.ClH/c21-16-5-3-4-14(10-16)19-13-24(20-6-1-2-9-25(19)20)12-15-7-8-17(22)11-18(15)23;/h3-5,7-8,10-11,13H,1-2,6,9,12H2;1H/q+1;. The van der Waals surface area contributed by atoms with Crippen LogP contribution < -0.4 is 4.57 Å². The van der Waals surface area contributed by atoms with Gasteiger partial charge in [-0.15, -0.1) is 12.4 Å². The van der Waals surface area contributed by atoms with Crippen LogP contribution in [-0.4, -0.2) is 4.57 Å². The third kappa shape index (κ3) is 3.89. The lowest BCUT2D eigenvalue weighted by molar-refractivity contribution is -0.695. The molecule has 3 aromatic rings. The molecule has 26 heavy (non-hydrogen) atoms. The van der Waals surface area contributed by atoms with Crippen LogP contribution in [0.3, 0.4) is 0 Å². The molecule has 136 valence electrons. The summed E-state index contributed by atoms with van der Waals surface area (Å²) in [5, 5.41) is 2.13. The molecule has 4 rings (SSSR count). The Morgan fingerprint density at radius 3 is 2.54 bits per heavy atom.